The van der Waals surface area contributed by atoms with Crippen LogP contribution in [0.3, 0.4) is 0 Å². The van der Waals surface area contributed by atoms with Crippen LogP contribution in [0.1, 0.15) is 26.4 Å². The summed E-state index contributed by atoms with van der Waals surface area (Å²) in [5.41, 5.74) is 1.86. The highest BCUT2D eigenvalue weighted by molar-refractivity contribution is 6.33. The highest BCUT2D eigenvalue weighted by Gasteiger charge is 2.29. The molecule has 4 aromatic rings. The van der Waals surface area contributed by atoms with Gasteiger partial charge in [-0.1, -0.05) is 54.1 Å². The first-order valence-electron chi connectivity index (χ1n) is 11.8. The predicted molar refractivity (Wildman–Crippen MR) is 137 cm³/mol. The molecule has 1 aliphatic heterocycles. The SMILES string of the molecule is O=C(c1ccccc1Cl)N1CCN(C(=O)c2nc3cccnc3n(CCc3ccccc3)c2=O)CC1. The van der Waals surface area contributed by atoms with Crippen molar-refractivity contribution in [3.63, 3.8) is 0 Å². The number of aromatic nitrogens is 3. The largest absolute Gasteiger partial charge is 0.335 e. The second-order valence-corrected chi connectivity index (χ2v) is 8.97. The first-order valence-corrected chi connectivity index (χ1v) is 12.1. The highest BCUT2D eigenvalue weighted by Crippen LogP contribution is 2.18. The van der Waals surface area contributed by atoms with Crippen LogP contribution < -0.4 is 5.56 Å². The Morgan fingerprint density at radius 2 is 1.50 bits per heavy atom. The molecule has 3 heterocycles. The van der Waals surface area contributed by atoms with Crippen molar-refractivity contribution in [1.82, 2.24) is 24.3 Å². The summed E-state index contributed by atoms with van der Waals surface area (Å²) in [6, 6.07) is 20.2. The van der Waals surface area contributed by atoms with E-state index in [1.807, 2.05) is 30.3 Å². The lowest BCUT2D eigenvalue weighted by molar-refractivity contribution is 0.0531. The fraction of sp³-hybridized carbons (Fsp3) is 0.222. The third-order valence-electron chi connectivity index (χ3n) is 6.33. The number of fused-ring (bicyclic) bond motifs is 1. The number of benzene rings is 2. The number of nitrogens with zero attached hydrogens (tertiary/aromatic N) is 5. The average Bonchev–Trinajstić information content (AvgIpc) is 2.92. The second-order valence-electron chi connectivity index (χ2n) is 8.56. The van der Waals surface area contributed by atoms with Gasteiger partial charge in [0.15, 0.2) is 11.3 Å². The summed E-state index contributed by atoms with van der Waals surface area (Å²) in [4.78, 5) is 51.7. The molecule has 2 amide bonds. The van der Waals surface area contributed by atoms with Crippen LogP contribution in [0.5, 0.6) is 0 Å². The molecule has 0 N–H and O–H groups in total. The molecule has 0 spiro atoms. The molecule has 2 aromatic heterocycles. The maximum atomic E-state index is 13.4. The van der Waals surface area contributed by atoms with E-state index in [2.05, 4.69) is 9.97 Å². The lowest BCUT2D eigenvalue weighted by Crippen LogP contribution is -2.51. The van der Waals surface area contributed by atoms with Crippen molar-refractivity contribution < 1.29 is 9.59 Å². The van der Waals surface area contributed by atoms with Gasteiger partial charge in [-0.2, -0.15) is 0 Å². The van der Waals surface area contributed by atoms with E-state index in [9.17, 15) is 14.4 Å². The lowest BCUT2D eigenvalue weighted by Gasteiger charge is -2.34. The van der Waals surface area contributed by atoms with Crippen molar-refractivity contribution in [2.75, 3.05) is 26.2 Å². The summed E-state index contributed by atoms with van der Waals surface area (Å²) >= 11 is 6.18. The van der Waals surface area contributed by atoms with Crippen LogP contribution in [0, 0.1) is 0 Å². The molecule has 182 valence electrons. The van der Waals surface area contributed by atoms with Gasteiger partial charge in [-0.05, 0) is 36.2 Å². The number of carbonyl (C=O) groups is 2. The van der Waals surface area contributed by atoms with Crippen LogP contribution in [0.15, 0.2) is 77.7 Å². The number of halogens is 1. The Kier molecular flexibility index (Phi) is 6.77. The molecular weight excluding hydrogens is 478 g/mol. The molecule has 0 aliphatic carbocycles. The predicted octanol–water partition coefficient (Wildman–Crippen LogP) is 3.29. The molecule has 0 bridgehead atoms. The first kappa shape index (κ1) is 23.7. The van der Waals surface area contributed by atoms with Crippen molar-refractivity contribution in [3.05, 3.63) is 105 Å². The van der Waals surface area contributed by atoms with E-state index in [0.29, 0.717) is 60.9 Å². The molecule has 1 saturated heterocycles. The Morgan fingerprint density at radius 1 is 0.833 bits per heavy atom. The van der Waals surface area contributed by atoms with E-state index in [0.717, 1.165) is 5.56 Å². The van der Waals surface area contributed by atoms with Crippen molar-refractivity contribution in [2.24, 2.45) is 0 Å². The number of hydrogen-bond donors (Lipinski definition) is 0. The normalized spacial score (nSPS) is 13.7. The minimum absolute atomic E-state index is 0.130. The number of rotatable bonds is 5. The lowest BCUT2D eigenvalue weighted by atomic mass is 10.1. The molecule has 1 fully saturated rings. The van der Waals surface area contributed by atoms with Crippen LogP contribution >= 0.6 is 11.6 Å². The zero-order valence-corrected chi connectivity index (χ0v) is 20.3. The van der Waals surface area contributed by atoms with E-state index >= 15 is 0 Å². The number of hydrogen-bond acceptors (Lipinski definition) is 5. The zero-order chi connectivity index (χ0) is 25.1. The third-order valence-corrected chi connectivity index (χ3v) is 6.66. The van der Waals surface area contributed by atoms with Gasteiger partial charge < -0.3 is 9.80 Å². The third kappa shape index (κ3) is 4.72. The smallest absolute Gasteiger partial charge is 0.283 e. The van der Waals surface area contributed by atoms with E-state index < -0.39 is 11.5 Å². The second kappa shape index (κ2) is 10.3. The Morgan fingerprint density at radius 3 is 2.22 bits per heavy atom. The topological polar surface area (TPSA) is 88.4 Å². The van der Waals surface area contributed by atoms with Gasteiger partial charge in [-0.25, -0.2) is 9.97 Å². The molecule has 1 aliphatic rings. The van der Waals surface area contributed by atoms with Crippen molar-refractivity contribution in [1.29, 1.82) is 0 Å². The van der Waals surface area contributed by atoms with Crippen molar-refractivity contribution in [3.8, 4) is 0 Å². The number of carbonyl (C=O) groups excluding carboxylic acids is 2. The summed E-state index contributed by atoms with van der Waals surface area (Å²) in [6.45, 7) is 1.65. The van der Waals surface area contributed by atoms with Crippen LogP contribution in [-0.4, -0.2) is 62.3 Å². The van der Waals surface area contributed by atoms with Gasteiger partial charge in [0, 0.05) is 38.9 Å². The molecule has 0 saturated carbocycles. The molecule has 36 heavy (non-hydrogen) atoms. The van der Waals surface area contributed by atoms with Crippen LogP contribution in [0.25, 0.3) is 11.2 Å². The maximum absolute atomic E-state index is 13.4. The Labute approximate surface area is 212 Å². The van der Waals surface area contributed by atoms with Crippen LogP contribution in [0.4, 0.5) is 0 Å². The van der Waals surface area contributed by atoms with E-state index in [-0.39, 0.29) is 11.6 Å². The fourth-order valence-corrected chi connectivity index (χ4v) is 4.59. The Hall–Kier alpha value is -4.04. The van der Waals surface area contributed by atoms with Crippen LogP contribution in [0.2, 0.25) is 5.02 Å². The summed E-state index contributed by atoms with van der Waals surface area (Å²) in [5.74, 6) is -0.616. The summed E-state index contributed by atoms with van der Waals surface area (Å²) in [7, 11) is 0. The summed E-state index contributed by atoms with van der Waals surface area (Å²) < 4.78 is 1.53. The molecule has 9 heteroatoms. The molecular formula is C27H24ClN5O3. The fourth-order valence-electron chi connectivity index (χ4n) is 4.38. The van der Waals surface area contributed by atoms with Crippen LogP contribution in [-0.2, 0) is 13.0 Å². The summed E-state index contributed by atoms with van der Waals surface area (Å²) in [6.07, 6.45) is 2.23. The number of amides is 2. The minimum Gasteiger partial charge on any atom is -0.335 e. The Bertz CT molecular complexity index is 1480. The van der Waals surface area contributed by atoms with Gasteiger partial charge in [0.25, 0.3) is 17.4 Å². The Balaban J connectivity index is 1.36. The van der Waals surface area contributed by atoms with E-state index in [1.165, 1.54) is 4.57 Å². The number of pyridine rings is 1. The molecule has 0 radical (unpaired) electrons. The van der Waals surface area contributed by atoms with E-state index in [1.54, 1.807) is 52.4 Å². The molecule has 8 nitrogen and oxygen atoms in total. The van der Waals surface area contributed by atoms with Gasteiger partial charge in [0.1, 0.15) is 5.52 Å². The summed E-state index contributed by atoms with van der Waals surface area (Å²) in [5, 5.41) is 0.394. The average molecular weight is 502 g/mol. The number of piperazine rings is 1. The standard InChI is InChI=1S/C27H24ClN5O3/c28-21-10-5-4-9-20(21)25(34)31-15-17-32(18-16-31)26(35)23-27(36)33(14-12-19-7-2-1-3-8-19)24-22(30-23)11-6-13-29-24/h1-11,13H,12,14-18H2. The highest BCUT2D eigenvalue weighted by atomic mass is 35.5. The maximum Gasteiger partial charge on any atom is 0.283 e. The van der Waals surface area contributed by atoms with Gasteiger partial charge >= 0.3 is 0 Å². The van der Waals surface area contributed by atoms with Gasteiger partial charge in [-0.15, -0.1) is 0 Å². The van der Waals surface area contributed by atoms with Crippen molar-refractivity contribution in [2.45, 2.75) is 13.0 Å². The molecule has 5 rings (SSSR count). The quantitative estimate of drug-likeness (QED) is 0.419. The van der Waals surface area contributed by atoms with Gasteiger partial charge in [-0.3, -0.25) is 19.0 Å². The zero-order valence-electron chi connectivity index (χ0n) is 19.5. The van der Waals surface area contributed by atoms with Gasteiger partial charge in [0.05, 0.1) is 10.6 Å². The number of aryl methyl sites for hydroxylation is 2. The molecule has 0 unspecified atom stereocenters. The monoisotopic (exact) mass is 501 g/mol. The first-order chi connectivity index (χ1) is 17.5. The van der Waals surface area contributed by atoms with E-state index in [4.69, 9.17) is 11.6 Å². The van der Waals surface area contributed by atoms with Gasteiger partial charge in [0.2, 0.25) is 0 Å². The van der Waals surface area contributed by atoms with Crippen molar-refractivity contribution >= 4 is 34.6 Å². The minimum atomic E-state index is -0.461. The molecule has 2 aromatic carbocycles. The molecule has 0 atom stereocenters.